The molecule has 0 fully saturated rings. The largest absolute Gasteiger partial charge is 0.475 e. The Hall–Kier alpha value is -1.66. The number of benzene rings is 1. The highest BCUT2D eigenvalue weighted by Crippen LogP contribution is 2.38. The van der Waals surface area contributed by atoms with Crippen molar-refractivity contribution in [2.45, 2.75) is 64.2 Å². The molecule has 0 aliphatic carbocycles. The quantitative estimate of drug-likeness (QED) is 0.481. The molecule has 1 aromatic rings. The Bertz CT molecular complexity index is 667. The Balaban J connectivity index is 2.19. The first-order chi connectivity index (χ1) is 12.6. The fourth-order valence-corrected chi connectivity index (χ4v) is 3.65. The van der Waals surface area contributed by atoms with Gasteiger partial charge in [0.1, 0.15) is 12.1 Å². The number of carbonyl (C=O) groups is 1. The van der Waals surface area contributed by atoms with Crippen molar-refractivity contribution in [2.75, 3.05) is 19.8 Å². The van der Waals surface area contributed by atoms with Crippen LogP contribution in [0.15, 0.2) is 35.3 Å². The molecule has 0 radical (unpaired) electrons. The van der Waals surface area contributed by atoms with E-state index in [-0.39, 0.29) is 11.0 Å². The Morgan fingerprint density at radius 3 is 2.52 bits per heavy atom. The van der Waals surface area contributed by atoms with Crippen molar-refractivity contribution in [1.29, 1.82) is 0 Å². The lowest BCUT2D eigenvalue weighted by atomic mass is 9.97. The van der Waals surface area contributed by atoms with Crippen LogP contribution in [0.3, 0.4) is 0 Å². The molecule has 5 nitrogen and oxygen atoms in total. The molecular formula is C21H33NO4Si. The second-order valence-corrected chi connectivity index (χ2v) is 13.5. The minimum Gasteiger partial charge on any atom is -0.475 e. The molecule has 1 aromatic carbocycles. The lowest BCUT2D eigenvalue weighted by molar-refractivity contribution is -0.143. The van der Waals surface area contributed by atoms with E-state index in [1.54, 1.807) is 0 Å². The molecule has 0 unspecified atom stereocenters. The van der Waals surface area contributed by atoms with E-state index in [4.69, 9.17) is 18.9 Å². The zero-order chi connectivity index (χ0) is 20.1. The van der Waals surface area contributed by atoms with Gasteiger partial charge in [0.2, 0.25) is 5.90 Å². The molecule has 1 aliphatic rings. The topological polar surface area (TPSA) is 57.1 Å². The molecule has 1 atom stereocenters. The average Bonchev–Trinajstić information content (AvgIpc) is 3.04. The number of ether oxygens (including phenoxy) is 2. The van der Waals surface area contributed by atoms with Crippen LogP contribution < -0.4 is 0 Å². The van der Waals surface area contributed by atoms with E-state index in [0.29, 0.717) is 38.6 Å². The monoisotopic (exact) mass is 391 g/mol. The molecule has 0 saturated carbocycles. The van der Waals surface area contributed by atoms with E-state index in [2.05, 4.69) is 33.9 Å². The van der Waals surface area contributed by atoms with Gasteiger partial charge in [-0.3, -0.25) is 4.79 Å². The summed E-state index contributed by atoms with van der Waals surface area (Å²) in [6.07, 6.45) is 0.862. The van der Waals surface area contributed by atoms with Crippen LogP contribution >= 0.6 is 0 Å². The Labute approximate surface area is 164 Å². The molecule has 0 saturated heterocycles. The molecule has 2 rings (SSSR count). The van der Waals surface area contributed by atoms with Gasteiger partial charge in [-0.25, -0.2) is 4.99 Å². The Morgan fingerprint density at radius 1 is 1.26 bits per heavy atom. The lowest BCUT2D eigenvalue weighted by Crippen LogP contribution is -2.46. The molecule has 0 spiro atoms. The summed E-state index contributed by atoms with van der Waals surface area (Å²) >= 11 is 0. The van der Waals surface area contributed by atoms with Crippen molar-refractivity contribution >= 4 is 20.2 Å². The van der Waals surface area contributed by atoms with Gasteiger partial charge in [-0.15, -0.1) is 0 Å². The number of carbonyl (C=O) groups excluding carboxylic acids is 1. The minimum atomic E-state index is -1.93. The second kappa shape index (κ2) is 8.57. The van der Waals surface area contributed by atoms with Crippen LogP contribution in [0.1, 0.15) is 46.1 Å². The first-order valence-electron chi connectivity index (χ1n) is 9.66. The van der Waals surface area contributed by atoms with Crippen LogP contribution in [0.4, 0.5) is 0 Å². The molecule has 27 heavy (non-hydrogen) atoms. The van der Waals surface area contributed by atoms with E-state index in [9.17, 15) is 4.79 Å². The normalized spacial score (nSPS) is 20.1. The third-order valence-corrected chi connectivity index (χ3v) is 9.92. The van der Waals surface area contributed by atoms with Crippen LogP contribution in [-0.2, 0) is 18.7 Å². The average molecular weight is 392 g/mol. The van der Waals surface area contributed by atoms with Crippen LogP contribution in [0.25, 0.3) is 0 Å². The van der Waals surface area contributed by atoms with Crippen molar-refractivity contribution in [2.24, 2.45) is 4.99 Å². The van der Waals surface area contributed by atoms with E-state index in [1.807, 2.05) is 37.3 Å². The molecule has 1 aliphatic heterocycles. The predicted octanol–water partition coefficient (Wildman–Crippen LogP) is 4.57. The summed E-state index contributed by atoms with van der Waals surface area (Å²) in [7, 11) is -1.93. The number of rotatable bonds is 8. The van der Waals surface area contributed by atoms with Gasteiger partial charge >= 0.3 is 5.97 Å². The Morgan fingerprint density at radius 2 is 1.93 bits per heavy atom. The number of esters is 1. The summed E-state index contributed by atoms with van der Waals surface area (Å²) in [5, 5.41) is 0.112. The minimum absolute atomic E-state index is 0.112. The van der Waals surface area contributed by atoms with Crippen molar-refractivity contribution in [3.63, 3.8) is 0 Å². The molecule has 6 heteroatoms. The standard InChI is InChI=1S/C21H33NO4Si/c1-7-24-18(23)13-14-21(16-26-27(5,6)20(2,3)4)15-25-19(22-21)17-11-9-8-10-12-17/h8-12H,7,13-16H2,1-6H3/t21-/m0/s1. The van der Waals surface area contributed by atoms with Gasteiger partial charge < -0.3 is 13.9 Å². The van der Waals surface area contributed by atoms with E-state index < -0.39 is 13.9 Å². The van der Waals surface area contributed by atoms with Crippen LogP contribution in [0.5, 0.6) is 0 Å². The molecule has 1 heterocycles. The summed E-state index contributed by atoms with van der Waals surface area (Å²) in [5.74, 6) is 0.422. The third-order valence-electron chi connectivity index (χ3n) is 5.44. The maximum Gasteiger partial charge on any atom is 0.305 e. The number of hydrogen-bond donors (Lipinski definition) is 0. The summed E-state index contributed by atoms with van der Waals surface area (Å²) in [6.45, 7) is 14.2. The zero-order valence-electron chi connectivity index (χ0n) is 17.5. The van der Waals surface area contributed by atoms with Gasteiger partial charge in [0.15, 0.2) is 8.32 Å². The number of aliphatic imine (C=N–C) groups is 1. The highest BCUT2D eigenvalue weighted by atomic mass is 28.4. The molecular weight excluding hydrogens is 358 g/mol. The van der Waals surface area contributed by atoms with Gasteiger partial charge in [0.05, 0.1) is 13.2 Å². The second-order valence-electron chi connectivity index (χ2n) is 8.65. The summed E-state index contributed by atoms with van der Waals surface area (Å²) < 4.78 is 17.5. The van der Waals surface area contributed by atoms with E-state index in [0.717, 1.165) is 5.56 Å². The van der Waals surface area contributed by atoms with Crippen molar-refractivity contribution in [3.05, 3.63) is 35.9 Å². The van der Waals surface area contributed by atoms with Crippen molar-refractivity contribution in [3.8, 4) is 0 Å². The third kappa shape index (κ3) is 5.66. The fraction of sp³-hybridized carbons (Fsp3) is 0.619. The summed E-state index contributed by atoms with van der Waals surface area (Å²) in [5.41, 5.74) is 0.399. The van der Waals surface area contributed by atoms with Crippen LogP contribution in [-0.4, -0.2) is 45.5 Å². The molecule has 0 bridgehead atoms. The highest BCUT2D eigenvalue weighted by molar-refractivity contribution is 6.74. The maximum absolute atomic E-state index is 11.9. The SMILES string of the molecule is CCOC(=O)CC[C@@]1(CO[Si](C)(C)C(C)(C)C)COC(c2ccccc2)=N1. The summed E-state index contributed by atoms with van der Waals surface area (Å²) in [6, 6.07) is 9.86. The molecule has 0 aromatic heterocycles. The molecule has 0 N–H and O–H groups in total. The zero-order valence-corrected chi connectivity index (χ0v) is 18.5. The van der Waals surface area contributed by atoms with E-state index >= 15 is 0 Å². The van der Waals surface area contributed by atoms with Gasteiger partial charge in [0.25, 0.3) is 0 Å². The van der Waals surface area contributed by atoms with Gasteiger partial charge in [0, 0.05) is 12.0 Å². The highest BCUT2D eigenvalue weighted by Gasteiger charge is 2.43. The lowest BCUT2D eigenvalue weighted by Gasteiger charge is -2.38. The van der Waals surface area contributed by atoms with Gasteiger partial charge in [-0.05, 0) is 43.6 Å². The van der Waals surface area contributed by atoms with Gasteiger partial charge in [-0.2, -0.15) is 0 Å². The van der Waals surface area contributed by atoms with Crippen molar-refractivity contribution < 1.29 is 18.7 Å². The predicted molar refractivity (Wildman–Crippen MR) is 111 cm³/mol. The summed E-state index contributed by atoms with van der Waals surface area (Å²) in [4.78, 5) is 16.8. The molecule has 0 amide bonds. The van der Waals surface area contributed by atoms with Crippen LogP contribution in [0.2, 0.25) is 18.1 Å². The van der Waals surface area contributed by atoms with Crippen molar-refractivity contribution in [1.82, 2.24) is 0 Å². The smallest absolute Gasteiger partial charge is 0.305 e. The first-order valence-corrected chi connectivity index (χ1v) is 12.6. The van der Waals surface area contributed by atoms with E-state index in [1.165, 1.54) is 0 Å². The van der Waals surface area contributed by atoms with Crippen LogP contribution in [0, 0.1) is 0 Å². The van der Waals surface area contributed by atoms with Gasteiger partial charge in [-0.1, -0.05) is 39.0 Å². The molecule has 150 valence electrons. The number of nitrogens with zero attached hydrogens (tertiary/aromatic N) is 1. The number of hydrogen-bond acceptors (Lipinski definition) is 5. The fourth-order valence-electron chi connectivity index (χ4n) is 2.58. The maximum atomic E-state index is 11.9. The Kier molecular flexibility index (Phi) is 6.86. The first kappa shape index (κ1) is 21.6.